The van der Waals surface area contributed by atoms with Crippen molar-refractivity contribution < 1.29 is 45.9 Å². The summed E-state index contributed by atoms with van der Waals surface area (Å²) in [4.78, 5) is 53.4. The van der Waals surface area contributed by atoms with E-state index < -0.39 is 30.1 Å². The Morgan fingerprint density at radius 2 is 1.21 bits per heavy atom. The Balaban J connectivity index is 1.15. The first-order valence-corrected chi connectivity index (χ1v) is 21.9. The third kappa shape index (κ3) is 10.2. The maximum atomic E-state index is 13.9. The number of para-hydroxylation sites is 3. The molecule has 4 fully saturated rings. The molecule has 6 N–H and O–H groups in total. The van der Waals surface area contributed by atoms with Gasteiger partial charge in [-0.05, 0) is 135 Å². The second kappa shape index (κ2) is 18.7. The van der Waals surface area contributed by atoms with Crippen molar-refractivity contribution in [3.63, 3.8) is 0 Å². The Kier molecular flexibility index (Phi) is 13.6. The van der Waals surface area contributed by atoms with Gasteiger partial charge in [0, 0.05) is 41.6 Å². The number of ether oxygens (including phenoxy) is 1. The van der Waals surface area contributed by atoms with Crippen molar-refractivity contribution >= 4 is 41.1 Å². The van der Waals surface area contributed by atoms with Crippen LogP contribution in [0, 0.1) is 40.4 Å². The van der Waals surface area contributed by atoms with Crippen molar-refractivity contribution in [1.82, 2.24) is 16.0 Å². The van der Waals surface area contributed by atoms with Crippen molar-refractivity contribution in [3.8, 4) is 0 Å². The summed E-state index contributed by atoms with van der Waals surface area (Å²) in [7, 11) is 0. The molecule has 0 heterocycles. The lowest BCUT2D eigenvalue weighted by Gasteiger charge is -2.65. The van der Waals surface area contributed by atoms with E-state index in [1.54, 1.807) is 12.1 Å². The molecule has 340 valence electrons. The summed E-state index contributed by atoms with van der Waals surface area (Å²) in [5.41, 5.74) is 1.16. The van der Waals surface area contributed by atoms with Gasteiger partial charge in [0.15, 0.2) is 6.61 Å². The van der Waals surface area contributed by atoms with Gasteiger partial charge in [-0.15, -0.1) is 0 Å². The van der Waals surface area contributed by atoms with E-state index in [0.29, 0.717) is 42.7 Å². The molecule has 0 aliphatic heterocycles. The van der Waals surface area contributed by atoms with Crippen molar-refractivity contribution in [3.05, 3.63) is 91.0 Å². The van der Waals surface area contributed by atoms with E-state index in [2.05, 4.69) is 50.5 Å². The zero-order valence-electron chi connectivity index (χ0n) is 35.5. The van der Waals surface area contributed by atoms with Gasteiger partial charge in [-0.2, -0.15) is 22.0 Å². The number of rotatable bonds is 12. The van der Waals surface area contributed by atoms with Gasteiger partial charge in [0.05, 0.1) is 0 Å². The topological polar surface area (TPSA) is 150 Å². The Hall–Kier alpha value is -5.41. The molecule has 4 aliphatic carbocycles. The summed E-state index contributed by atoms with van der Waals surface area (Å²) >= 11 is 0. The Morgan fingerprint density at radius 1 is 0.667 bits per heavy atom. The smallest absolute Gasteiger partial charge is 0.456 e. The number of amides is 6. The molecule has 6 amide bonds. The predicted octanol–water partition coefficient (Wildman–Crippen LogP) is 10.3. The van der Waals surface area contributed by atoms with Crippen molar-refractivity contribution in [2.24, 2.45) is 40.4 Å². The molecular formula is C47H57F5N6O5. The monoisotopic (exact) mass is 880 g/mol. The minimum Gasteiger partial charge on any atom is -0.459 e. The van der Waals surface area contributed by atoms with Crippen LogP contribution in [-0.2, 0) is 9.53 Å². The molecule has 11 nitrogen and oxygen atoms in total. The molecule has 16 heteroatoms. The molecule has 10 atom stereocenters. The van der Waals surface area contributed by atoms with E-state index in [9.17, 15) is 41.1 Å². The minimum absolute atomic E-state index is 0.00648. The fourth-order valence-electron chi connectivity index (χ4n) is 11.8. The van der Waals surface area contributed by atoms with E-state index in [1.165, 1.54) is 0 Å². The zero-order chi connectivity index (χ0) is 45.0. The predicted molar refractivity (Wildman–Crippen MR) is 229 cm³/mol. The zero-order valence-corrected chi connectivity index (χ0v) is 35.5. The van der Waals surface area contributed by atoms with Gasteiger partial charge in [-0.25, -0.2) is 14.4 Å². The van der Waals surface area contributed by atoms with Crippen LogP contribution in [0.2, 0.25) is 0 Å². The van der Waals surface area contributed by atoms with Crippen LogP contribution in [0.25, 0.3) is 0 Å². The highest BCUT2D eigenvalue weighted by atomic mass is 19.4. The molecule has 0 aromatic heterocycles. The molecule has 3 unspecified atom stereocenters. The van der Waals surface area contributed by atoms with Crippen molar-refractivity contribution in [2.45, 2.75) is 108 Å². The first-order valence-electron chi connectivity index (χ1n) is 21.9. The molecule has 0 saturated heterocycles. The lowest BCUT2D eigenvalue weighted by molar-refractivity contribution is -0.294. The van der Waals surface area contributed by atoms with Crippen molar-refractivity contribution in [2.75, 3.05) is 22.6 Å². The van der Waals surface area contributed by atoms with E-state index in [0.717, 1.165) is 25.7 Å². The van der Waals surface area contributed by atoms with Crippen molar-refractivity contribution in [1.29, 1.82) is 0 Å². The molecule has 0 radical (unpaired) electrons. The molecule has 3 aromatic carbocycles. The minimum atomic E-state index is -5.84. The summed E-state index contributed by atoms with van der Waals surface area (Å²) < 4.78 is 69.6. The Morgan fingerprint density at radius 3 is 1.76 bits per heavy atom. The molecule has 3 aromatic rings. The number of nitrogens with one attached hydrogen (secondary N) is 6. The van der Waals surface area contributed by atoms with E-state index in [4.69, 9.17) is 0 Å². The first-order chi connectivity index (χ1) is 30.0. The van der Waals surface area contributed by atoms with E-state index in [-0.39, 0.29) is 84.1 Å². The SMILES string of the molecule is C[C@]12CCC(NC(=O)Nc3ccccc3)C[C@H]1CC(NC(=O)Nc1ccccc1)[C@@H]1[C@@H]2CC(NC(=O)Nc2ccccc2)[C@]2(C)[C@@H](CCCC(=O)OCC(F)(F)C(F)(F)F)CC[C@@H]12. The Labute approximate surface area is 364 Å². The quantitative estimate of drug-likeness (QED) is 0.0791. The van der Waals surface area contributed by atoms with Gasteiger partial charge in [-0.1, -0.05) is 68.4 Å². The summed E-state index contributed by atoms with van der Waals surface area (Å²) in [6, 6.07) is 25.7. The number of benzene rings is 3. The van der Waals surface area contributed by atoms with Gasteiger partial charge in [-0.3, -0.25) is 4.79 Å². The summed E-state index contributed by atoms with van der Waals surface area (Å²) in [6.07, 6.45) is -0.576. The molecule has 0 spiro atoms. The fraction of sp³-hybridized carbons (Fsp3) is 0.532. The average Bonchev–Trinajstić information content (AvgIpc) is 3.58. The van der Waals surface area contributed by atoms with Crippen LogP contribution in [0.5, 0.6) is 0 Å². The summed E-state index contributed by atoms with van der Waals surface area (Å²) in [6.45, 7) is 2.40. The van der Waals surface area contributed by atoms with E-state index >= 15 is 0 Å². The highest BCUT2D eigenvalue weighted by Gasteiger charge is 2.66. The first kappa shape index (κ1) is 45.6. The van der Waals surface area contributed by atoms with Gasteiger partial charge < -0.3 is 36.6 Å². The number of hydrogen-bond donors (Lipinski definition) is 6. The largest absolute Gasteiger partial charge is 0.459 e. The standard InChI is InChI=1S/C47H57F5N6O5/c1-44-24-23-34(56-41(60)53-31-14-6-3-7-15-31)25-30(44)26-37(57-42(61)54-32-16-8-4-9-17-32)40-35-22-21-29(13-12-20-39(59)63-28-46(48,49)47(50,51)52)45(35,2)38(27-36(40)44)58-43(62)55-33-18-10-5-11-19-33/h3-11,14-19,29-30,34-38,40H,12-13,20-28H2,1-2H3,(H2,53,56,60)(H2,54,57,61)(H2,55,58,62)/t29-,30-,34?,35-,36-,37?,38?,40-,44-,45+/m0/s1. The summed E-state index contributed by atoms with van der Waals surface area (Å²) in [5, 5.41) is 18.8. The van der Waals surface area contributed by atoms with Gasteiger partial charge in [0.1, 0.15) is 0 Å². The maximum absolute atomic E-state index is 13.9. The molecule has 4 saturated carbocycles. The Bertz CT molecular complexity index is 2070. The number of carbonyl (C=O) groups excluding carboxylic acids is 4. The highest BCUT2D eigenvalue weighted by Crippen LogP contribution is 2.68. The third-order valence-electron chi connectivity index (χ3n) is 14.9. The second-order valence-electron chi connectivity index (χ2n) is 18.4. The number of hydrogen-bond acceptors (Lipinski definition) is 5. The highest BCUT2D eigenvalue weighted by molar-refractivity contribution is 5.90. The van der Waals surface area contributed by atoms with Crippen LogP contribution in [0.3, 0.4) is 0 Å². The van der Waals surface area contributed by atoms with Crippen LogP contribution in [0.4, 0.5) is 53.4 Å². The summed E-state index contributed by atoms with van der Waals surface area (Å²) in [5.74, 6) is -6.23. The number of alkyl halides is 5. The lowest BCUT2D eigenvalue weighted by atomic mass is 9.42. The molecule has 7 rings (SSSR count). The number of anilines is 3. The third-order valence-corrected chi connectivity index (χ3v) is 14.9. The van der Waals surface area contributed by atoms with Gasteiger partial charge in [0.25, 0.3) is 0 Å². The van der Waals surface area contributed by atoms with Gasteiger partial charge in [0.2, 0.25) is 0 Å². The number of urea groups is 3. The normalized spacial score (nSPS) is 30.0. The number of esters is 1. The van der Waals surface area contributed by atoms with Crippen LogP contribution < -0.4 is 31.9 Å². The van der Waals surface area contributed by atoms with Crippen LogP contribution >= 0.6 is 0 Å². The molecule has 63 heavy (non-hydrogen) atoms. The molecular weight excluding hydrogens is 824 g/mol. The average molecular weight is 881 g/mol. The lowest BCUT2D eigenvalue weighted by Crippen LogP contribution is -2.67. The number of fused-ring (bicyclic) bond motifs is 5. The van der Waals surface area contributed by atoms with Crippen LogP contribution in [-0.4, -0.2) is 60.9 Å². The molecule has 4 aliphatic rings. The maximum Gasteiger partial charge on any atom is 0.456 e. The number of carbonyl (C=O) groups is 4. The second-order valence-corrected chi connectivity index (χ2v) is 18.4. The van der Waals surface area contributed by atoms with E-state index in [1.807, 2.05) is 78.9 Å². The van der Waals surface area contributed by atoms with Crippen LogP contribution in [0.15, 0.2) is 91.0 Å². The van der Waals surface area contributed by atoms with Crippen LogP contribution in [0.1, 0.15) is 78.1 Å². The number of halogens is 5. The fourth-order valence-corrected chi connectivity index (χ4v) is 11.8. The van der Waals surface area contributed by atoms with Gasteiger partial charge >= 0.3 is 36.2 Å². The molecule has 0 bridgehead atoms.